The Kier molecular flexibility index (Phi) is 4.19. The normalized spacial score (nSPS) is 26.1. The van der Waals surface area contributed by atoms with E-state index in [-0.39, 0.29) is 6.10 Å². The number of pyridine rings is 1. The van der Waals surface area contributed by atoms with Crippen LogP contribution in [0.25, 0.3) is 0 Å². The number of anilines is 1. The molecule has 2 heterocycles. The van der Waals surface area contributed by atoms with E-state index in [2.05, 4.69) is 16.8 Å². The lowest BCUT2D eigenvalue weighted by Crippen LogP contribution is -2.44. The van der Waals surface area contributed by atoms with Crippen LogP contribution in [0.15, 0.2) is 18.3 Å². The Hall–Kier alpha value is -1.13. The van der Waals surface area contributed by atoms with Crippen LogP contribution in [0.2, 0.25) is 0 Å². The van der Waals surface area contributed by atoms with Gasteiger partial charge in [-0.05, 0) is 30.9 Å². The number of aliphatic hydroxyl groups excluding tert-OH is 1. The lowest BCUT2D eigenvalue weighted by atomic mass is 9.96. The lowest BCUT2D eigenvalue weighted by molar-refractivity contribution is 0.0496. The second-order valence-corrected chi connectivity index (χ2v) is 5.11. The van der Waals surface area contributed by atoms with Gasteiger partial charge in [0.1, 0.15) is 5.82 Å². The molecule has 0 saturated carbocycles. The molecule has 0 bridgehead atoms. The Morgan fingerprint density at radius 2 is 2.28 bits per heavy atom. The van der Waals surface area contributed by atoms with Crippen LogP contribution in [0.5, 0.6) is 0 Å². The number of rotatable bonds is 3. The molecule has 0 aliphatic carbocycles. The first-order valence-corrected chi connectivity index (χ1v) is 6.53. The zero-order chi connectivity index (χ0) is 13.1. The van der Waals surface area contributed by atoms with Crippen molar-refractivity contribution in [2.24, 2.45) is 5.92 Å². The first-order valence-electron chi connectivity index (χ1n) is 6.53. The molecule has 1 saturated heterocycles. The highest BCUT2D eigenvalue weighted by atomic mass is 16.5. The molecule has 1 fully saturated rings. The molecule has 1 aromatic heterocycles. The summed E-state index contributed by atoms with van der Waals surface area (Å²) in [5.41, 5.74) is 0.854. The minimum absolute atomic E-state index is 0.275. The van der Waals surface area contributed by atoms with Crippen molar-refractivity contribution >= 4 is 5.82 Å². The van der Waals surface area contributed by atoms with Gasteiger partial charge in [-0.15, -0.1) is 0 Å². The standard InChI is InChI=1S/C14H22N2O2/c1-10-6-7-16(9-13(10)18-3)14-5-4-12(8-15-14)11(2)17/h4-5,8,10-11,13,17H,6-7,9H2,1-3H3. The highest BCUT2D eigenvalue weighted by molar-refractivity contribution is 5.40. The van der Waals surface area contributed by atoms with Crippen molar-refractivity contribution in [2.75, 3.05) is 25.1 Å². The van der Waals surface area contributed by atoms with Crippen LogP contribution in [0.1, 0.15) is 31.9 Å². The molecule has 3 unspecified atom stereocenters. The van der Waals surface area contributed by atoms with Gasteiger partial charge in [0.05, 0.1) is 12.2 Å². The highest BCUT2D eigenvalue weighted by Gasteiger charge is 2.26. The Morgan fingerprint density at radius 1 is 1.50 bits per heavy atom. The van der Waals surface area contributed by atoms with Gasteiger partial charge in [-0.1, -0.05) is 13.0 Å². The van der Waals surface area contributed by atoms with E-state index in [0.29, 0.717) is 5.92 Å². The first kappa shape index (κ1) is 13.3. The van der Waals surface area contributed by atoms with Crippen molar-refractivity contribution in [1.29, 1.82) is 0 Å². The van der Waals surface area contributed by atoms with E-state index < -0.39 is 6.10 Å². The summed E-state index contributed by atoms with van der Waals surface area (Å²) in [4.78, 5) is 6.68. The molecular weight excluding hydrogens is 228 g/mol. The molecule has 1 aliphatic heterocycles. The molecule has 1 aromatic rings. The van der Waals surface area contributed by atoms with Gasteiger partial charge in [0.25, 0.3) is 0 Å². The smallest absolute Gasteiger partial charge is 0.128 e. The van der Waals surface area contributed by atoms with Gasteiger partial charge >= 0.3 is 0 Å². The SMILES string of the molecule is COC1CN(c2ccc(C(C)O)cn2)CCC1C. The van der Waals surface area contributed by atoms with Crippen LogP contribution < -0.4 is 4.90 Å². The lowest BCUT2D eigenvalue weighted by Gasteiger charge is -2.36. The van der Waals surface area contributed by atoms with Crippen LogP contribution in [0.4, 0.5) is 5.82 Å². The van der Waals surface area contributed by atoms with Crippen LogP contribution in [-0.4, -0.2) is 36.4 Å². The molecular formula is C14H22N2O2. The van der Waals surface area contributed by atoms with Gasteiger partial charge in [-0.25, -0.2) is 4.98 Å². The third kappa shape index (κ3) is 2.82. The average Bonchev–Trinajstić information content (AvgIpc) is 2.39. The van der Waals surface area contributed by atoms with E-state index >= 15 is 0 Å². The fourth-order valence-electron chi connectivity index (χ4n) is 2.38. The van der Waals surface area contributed by atoms with E-state index in [1.807, 2.05) is 12.1 Å². The number of nitrogens with zero attached hydrogens (tertiary/aromatic N) is 2. The summed E-state index contributed by atoms with van der Waals surface area (Å²) in [6.45, 7) is 5.89. The van der Waals surface area contributed by atoms with Crippen molar-refractivity contribution in [3.63, 3.8) is 0 Å². The number of hydrogen-bond acceptors (Lipinski definition) is 4. The summed E-state index contributed by atoms with van der Waals surface area (Å²) in [6, 6.07) is 3.91. The van der Waals surface area contributed by atoms with Gasteiger partial charge in [-0.2, -0.15) is 0 Å². The molecule has 0 radical (unpaired) electrons. The monoisotopic (exact) mass is 250 g/mol. The molecule has 0 spiro atoms. The van der Waals surface area contributed by atoms with Crippen molar-refractivity contribution in [1.82, 2.24) is 4.98 Å². The van der Waals surface area contributed by atoms with E-state index in [1.165, 1.54) is 0 Å². The molecule has 1 N–H and O–H groups in total. The zero-order valence-corrected chi connectivity index (χ0v) is 11.3. The highest BCUT2D eigenvalue weighted by Crippen LogP contribution is 2.24. The number of hydrogen-bond donors (Lipinski definition) is 1. The molecule has 0 aromatic carbocycles. The summed E-state index contributed by atoms with van der Waals surface area (Å²) in [7, 11) is 1.77. The topological polar surface area (TPSA) is 45.6 Å². The van der Waals surface area contributed by atoms with Crippen molar-refractivity contribution in [3.05, 3.63) is 23.9 Å². The second kappa shape index (κ2) is 5.67. The van der Waals surface area contributed by atoms with E-state index in [0.717, 1.165) is 30.9 Å². The fourth-order valence-corrected chi connectivity index (χ4v) is 2.38. The van der Waals surface area contributed by atoms with Crippen molar-refractivity contribution in [3.8, 4) is 0 Å². The number of ether oxygens (including phenoxy) is 1. The minimum atomic E-state index is -0.459. The molecule has 3 atom stereocenters. The molecule has 4 nitrogen and oxygen atoms in total. The molecule has 1 aliphatic rings. The van der Waals surface area contributed by atoms with Crippen molar-refractivity contribution < 1.29 is 9.84 Å². The van der Waals surface area contributed by atoms with Crippen LogP contribution in [-0.2, 0) is 4.74 Å². The van der Waals surface area contributed by atoms with Crippen LogP contribution in [0.3, 0.4) is 0 Å². The van der Waals surface area contributed by atoms with Gasteiger partial charge < -0.3 is 14.7 Å². The summed E-state index contributed by atoms with van der Waals surface area (Å²) < 4.78 is 5.51. The Bertz CT molecular complexity index is 378. The largest absolute Gasteiger partial charge is 0.389 e. The second-order valence-electron chi connectivity index (χ2n) is 5.11. The van der Waals surface area contributed by atoms with Gasteiger partial charge in [0, 0.05) is 26.4 Å². The third-order valence-electron chi connectivity index (χ3n) is 3.77. The predicted octanol–water partition coefficient (Wildman–Crippen LogP) is 2.00. The number of piperidine rings is 1. The summed E-state index contributed by atoms with van der Waals surface area (Å²) in [5.74, 6) is 1.57. The van der Waals surface area contributed by atoms with Crippen molar-refractivity contribution in [2.45, 2.75) is 32.5 Å². The van der Waals surface area contributed by atoms with Gasteiger partial charge in [-0.3, -0.25) is 0 Å². The number of aromatic nitrogens is 1. The maximum absolute atomic E-state index is 9.47. The quantitative estimate of drug-likeness (QED) is 0.891. The fraction of sp³-hybridized carbons (Fsp3) is 0.643. The Morgan fingerprint density at radius 3 is 2.83 bits per heavy atom. The van der Waals surface area contributed by atoms with E-state index in [4.69, 9.17) is 4.74 Å². The minimum Gasteiger partial charge on any atom is -0.389 e. The maximum atomic E-state index is 9.47. The molecule has 18 heavy (non-hydrogen) atoms. The van der Waals surface area contributed by atoms with Gasteiger partial charge in [0.15, 0.2) is 0 Å². The average molecular weight is 250 g/mol. The first-order chi connectivity index (χ1) is 8.61. The zero-order valence-electron chi connectivity index (χ0n) is 11.3. The molecule has 100 valence electrons. The van der Waals surface area contributed by atoms with Crippen LogP contribution >= 0.6 is 0 Å². The third-order valence-corrected chi connectivity index (χ3v) is 3.77. The number of aliphatic hydroxyl groups is 1. The van der Waals surface area contributed by atoms with E-state index in [9.17, 15) is 5.11 Å². The van der Waals surface area contributed by atoms with Crippen LogP contribution in [0, 0.1) is 5.92 Å². The molecule has 2 rings (SSSR count). The summed E-state index contributed by atoms with van der Waals surface area (Å²) in [5, 5.41) is 9.47. The Labute approximate surface area is 109 Å². The maximum Gasteiger partial charge on any atom is 0.128 e. The summed E-state index contributed by atoms with van der Waals surface area (Å²) in [6.07, 6.45) is 2.69. The predicted molar refractivity (Wildman–Crippen MR) is 71.7 cm³/mol. The molecule has 0 amide bonds. The molecule has 4 heteroatoms. The summed E-state index contributed by atoms with van der Waals surface area (Å²) >= 11 is 0. The van der Waals surface area contributed by atoms with Gasteiger partial charge in [0.2, 0.25) is 0 Å². The number of methoxy groups -OCH3 is 1. The Balaban J connectivity index is 2.07. The van der Waals surface area contributed by atoms with E-state index in [1.54, 1.807) is 20.2 Å².